The third-order valence-electron chi connectivity index (χ3n) is 0.995. The van der Waals surface area contributed by atoms with Crippen LogP contribution in [0.5, 0.6) is 0 Å². The predicted molar refractivity (Wildman–Crippen MR) is 55.5 cm³/mol. The van der Waals surface area contributed by atoms with Crippen LogP contribution in [0, 0.1) is 0 Å². The molecule has 0 aromatic carbocycles. The monoisotopic (exact) mass is 284 g/mol. The smallest absolute Gasteiger partial charge is 0.332 e. The van der Waals surface area contributed by atoms with E-state index in [1.165, 1.54) is 0 Å². The van der Waals surface area contributed by atoms with Gasteiger partial charge in [-0.3, -0.25) is 0 Å². The summed E-state index contributed by atoms with van der Waals surface area (Å²) in [4.78, 5) is 10.7. The zero-order chi connectivity index (χ0) is 9.23. The van der Waals surface area contributed by atoms with Gasteiger partial charge in [0.25, 0.3) is 0 Å². The number of allylic oxidation sites excluding steroid dienone is 1. The van der Waals surface area contributed by atoms with Crippen molar-refractivity contribution in [3.63, 3.8) is 0 Å². The first-order chi connectivity index (χ1) is 5.81. The minimum atomic E-state index is -0.305. The van der Waals surface area contributed by atoms with Crippen molar-refractivity contribution in [2.45, 2.75) is 6.92 Å². The fourth-order valence-electron chi connectivity index (χ4n) is 0.544. The molecule has 0 unspecified atom stereocenters. The number of esters is 1. The van der Waals surface area contributed by atoms with E-state index in [0.717, 1.165) is 4.43 Å². The molecule has 4 heteroatoms. The van der Waals surface area contributed by atoms with E-state index in [1.54, 1.807) is 6.92 Å². The molecule has 0 amide bonds. The molecular formula is C8H13IO3. The Labute approximate surface area is 86.3 Å². The summed E-state index contributed by atoms with van der Waals surface area (Å²) in [6.45, 7) is 2.70. The number of alkyl halides is 1. The summed E-state index contributed by atoms with van der Waals surface area (Å²) < 4.78 is 10.6. The molecule has 0 rings (SSSR count). The van der Waals surface area contributed by atoms with E-state index in [4.69, 9.17) is 4.74 Å². The number of rotatable bonds is 6. The second kappa shape index (κ2) is 8.99. The highest BCUT2D eigenvalue weighted by Gasteiger charge is 1.98. The molecule has 0 spiro atoms. The zero-order valence-electron chi connectivity index (χ0n) is 7.09. The third kappa shape index (κ3) is 8.00. The van der Waals surface area contributed by atoms with Gasteiger partial charge in [-0.05, 0) is 6.92 Å². The molecule has 0 N–H and O–H groups in total. The van der Waals surface area contributed by atoms with E-state index >= 15 is 0 Å². The molecule has 0 aliphatic carbocycles. The molecule has 0 fully saturated rings. The summed E-state index contributed by atoms with van der Waals surface area (Å²) in [5, 5.41) is 0. The zero-order valence-corrected chi connectivity index (χ0v) is 9.24. The van der Waals surface area contributed by atoms with Crippen LogP contribution in [0.15, 0.2) is 12.2 Å². The largest absolute Gasteiger partial charge is 0.464 e. The van der Waals surface area contributed by atoms with E-state index in [1.807, 2.05) is 12.2 Å². The van der Waals surface area contributed by atoms with Crippen LogP contribution >= 0.6 is 22.6 Å². The average Bonchev–Trinajstić information content (AvgIpc) is 2.05. The Hall–Kier alpha value is -0.100. The van der Waals surface area contributed by atoms with Gasteiger partial charge in [-0.15, -0.1) is 0 Å². The number of halogens is 1. The van der Waals surface area contributed by atoms with Gasteiger partial charge in [0.1, 0.15) is 6.61 Å². The SMILES string of the molecule is CCOC(=O)COC/C=C\CI. The van der Waals surface area contributed by atoms with Crippen molar-refractivity contribution in [2.24, 2.45) is 0 Å². The first kappa shape index (κ1) is 11.9. The Morgan fingerprint density at radius 2 is 2.25 bits per heavy atom. The maximum absolute atomic E-state index is 10.7. The Balaban J connectivity index is 3.19. The van der Waals surface area contributed by atoms with Crippen LogP contribution in [-0.2, 0) is 14.3 Å². The van der Waals surface area contributed by atoms with Gasteiger partial charge in [-0.2, -0.15) is 0 Å². The fraction of sp³-hybridized carbons (Fsp3) is 0.625. The Morgan fingerprint density at radius 3 is 2.83 bits per heavy atom. The molecule has 0 aromatic rings. The third-order valence-corrected chi connectivity index (χ3v) is 1.50. The van der Waals surface area contributed by atoms with Crippen LogP contribution < -0.4 is 0 Å². The Morgan fingerprint density at radius 1 is 1.50 bits per heavy atom. The molecule has 0 aliphatic rings. The molecule has 0 saturated heterocycles. The fourth-order valence-corrected chi connectivity index (χ4v) is 0.904. The maximum Gasteiger partial charge on any atom is 0.332 e. The van der Waals surface area contributed by atoms with E-state index < -0.39 is 0 Å². The molecule has 3 nitrogen and oxygen atoms in total. The van der Waals surface area contributed by atoms with Gasteiger partial charge in [-0.1, -0.05) is 34.7 Å². The van der Waals surface area contributed by atoms with Crippen LogP contribution in [0.3, 0.4) is 0 Å². The second-order valence-corrected chi connectivity index (χ2v) is 2.83. The van der Waals surface area contributed by atoms with Crippen molar-refractivity contribution in [3.8, 4) is 0 Å². The first-order valence-corrected chi connectivity index (χ1v) is 5.28. The quantitative estimate of drug-likeness (QED) is 0.244. The van der Waals surface area contributed by atoms with Crippen molar-refractivity contribution in [2.75, 3.05) is 24.2 Å². The van der Waals surface area contributed by atoms with Gasteiger partial charge >= 0.3 is 5.97 Å². The average molecular weight is 284 g/mol. The van der Waals surface area contributed by atoms with Crippen molar-refractivity contribution < 1.29 is 14.3 Å². The van der Waals surface area contributed by atoms with E-state index in [0.29, 0.717) is 13.2 Å². The molecule has 0 aromatic heterocycles. The molecule has 0 heterocycles. The number of hydrogen-bond acceptors (Lipinski definition) is 3. The van der Waals surface area contributed by atoms with Crippen molar-refractivity contribution in [3.05, 3.63) is 12.2 Å². The summed E-state index contributed by atoms with van der Waals surface area (Å²) >= 11 is 2.23. The molecule has 0 radical (unpaired) electrons. The first-order valence-electron chi connectivity index (χ1n) is 3.75. The van der Waals surface area contributed by atoms with Gasteiger partial charge in [0.15, 0.2) is 0 Å². The summed E-state index contributed by atoms with van der Waals surface area (Å²) in [7, 11) is 0. The maximum atomic E-state index is 10.7. The summed E-state index contributed by atoms with van der Waals surface area (Å²) in [6.07, 6.45) is 3.86. The van der Waals surface area contributed by atoms with Crippen molar-refractivity contribution >= 4 is 28.6 Å². The van der Waals surface area contributed by atoms with Crippen LogP contribution in [0.2, 0.25) is 0 Å². The highest BCUT2D eigenvalue weighted by molar-refractivity contribution is 14.1. The van der Waals surface area contributed by atoms with Crippen molar-refractivity contribution in [1.29, 1.82) is 0 Å². The van der Waals surface area contributed by atoms with E-state index in [9.17, 15) is 4.79 Å². The lowest BCUT2D eigenvalue weighted by Gasteiger charge is -2.00. The lowest BCUT2D eigenvalue weighted by Crippen LogP contribution is -2.12. The molecular weight excluding hydrogens is 271 g/mol. The van der Waals surface area contributed by atoms with E-state index in [2.05, 4.69) is 27.3 Å². The van der Waals surface area contributed by atoms with Crippen LogP contribution in [0.25, 0.3) is 0 Å². The van der Waals surface area contributed by atoms with Gasteiger partial charge in [0, 0.05) is 4.43 Å². The molecule has 12 heavy (non-hydrogen) atoms. The Kier molecular flexibility index (Phi) is 8.92. The predicted octanol–water partition coefficient (Wildman–Crippen LogP) is 1.56. The van der Waals surface area contributed by atoms with Gasteiger partial charge in [-0.25, -0.2) is 4.79 Å². The number of ether oxygens (including phenoxy) is 2. The van der Waals surface area contributed by atoms with Gasteiger partial charge in [0.2, 0.25) is 0 Å². The van der Waals surface area contributed by atoms with Crippen LogP contribution in [0.4, 0.5) is 0 Å². The molecule has 70 valence electrons. The summed E-state index contributed by atoms with van der Waals surface area (Å²) in [5.74, 6) is -0.305. The van der Waals surface area contributed by atoms with Crippen LogP contribution in [0.1, 0.15) is 6.92 Å². The summed E-state index contributed by atoms with van der Waals surface area (Å²) in [6, 6.07) is 0. The lowest BCUT2D eigenvalue weighted by molar-refractivity contribution is -0.147. The Bertz CT molecular complexity index is 145. The number of carbonyl (C=O) groups excluding carboxylic acids is 1. The highest BCUT2D eigenvalue weighted by Crippen LogP contribution is 1.85. The number of hydrogen-bond donors (Lipinski definition) is 0. The minimum Gasteiger partial charge on any atom is -0.464 e. The second-order valence-electron chi connectivity index (χ2n) is 1.95. The molecule has 0 bridgehead atoms. The highest BCUT2D eigenvalue weighted by atomic mass is 127. The normalized spacial score (nSPS) is 10.5. The molecule has 0 atom stereocenters. The van der Waals surface area contributed by atoms with E-state index in [-0.39, 0.29) is 12.6 Å². The standard InChI is InChI=1S/C8H13IO3/c1-2-12-8(10)7-11-6-4-3-5-9/h3-4H,2,5-7H2,1H3/b4-3-. The minimum absolute atomic E-state index is 0.0411. The van der Waals surface area contributed by atoms with Gasteiger partial charge in [0.05, 0.1) is 13.2 Å². The molecule has 0 saturated carbocycles. The lowest BCUT2D eigenvalue weighted by atomic mass is 10.5. The van der Waals surface area contributed by atoms with Gasteiger partial charge < -0.3 is 9.47 Å². The topological polar surface area (TPSA) is 35.5 Å². The summed E-state index contributed by atoms with van der Waals surface area (Å²) in [5.41, 5.74) is 0. The van der Waals surface area contributed by atoms with Crippen molar-refractivity contribution in [1.82, 2.24) is 0 Å². The van der Waals surface area contributed by atoms with Crippen LogP contribution in [-0.4, -0.2) is 30.2 Å². The number of carbonyl (C=O) groups is 1. The molecule has 0 aliphatic heterocycles.